The predicted molar refractivity (Wildman–Crippen MR) is 135 cm³/mol. The average molecular weight is 410 g/mol. The molecule has 1 unspecified atom stereocenters. The molecule has 0 saturated carbocycles. The maximum atomic E-state index is 3.94. The molecular weight excluding hydrogens is 350 g/mol. The van der Waals surface area contributed by atoms with Crippen molar-refractivity contribution in [2.24, 2.45) is 0 Å². The van der Waals surface area contributed by atoms with Gasteiger partial charge in [-0.15, -0.1) is 0 Å². The lowest BCUT2D eigenvalue weighted by molar-refractivity contribution is 0.405. The van der Waals surface area contributed by atoms with Gasteiger partial charge in [-0.2, -0.15) is 0 Å². The van der Waals surface area contributed by atoms with Crippen molar-refractivity contribution in [1.82, 2.24) is 5.32 Å². The van der Waals surface area contributed by atoms with Gasteiger partial charge in [-0.3, -0.25) is 0 Å². The van der Waals surface area contributed by atoms with Crippen LogP contribution in [-0.4, -0.2) is 12.6 Å². The van der Waals surface area contributed by atoms with Crippen LogP contribution in [0.2, 0.25) is 0 Å². The van der Waals surface area contributed by atoms with Crippen LogP contribution in [0.1, 0.15) is 168 Å². The Labute approximate surface area is 186 Å². The lowest BCUT2D eigenvalue weighted by Gasteiger charge is -2.19. The van der Waals surface area contributed by atoms with E-state index in [1.165, 1.54) is 154 Å². The Morgan fingerprint density at radius 2 is 0.690 bits per heavy atom. The smallest absolute Gasteiger partial charge is 0.00670 e. The summed E-state index contributed by atoms with van der Waals surface area (Å²) in [4.78, 5) is 0. The summed E-state index contributed by atoms with van der Waals surface area (Å²) >= 11 is 0. The quantitative estimate of drug-likeness (QED) is 0.148. The van der Waals surface area contributed by atoms with Gasteiger partial charge in [0.15, 0.2) is 0 Å². The maximum Gasteiger partial charge on any atom is 0.00670 e. The van der Waals surface area contributed by atoms with Gasteiger partial charge in [-0.25, -0.2) is 0 Å². The second-order valence-electron chi connectivity index (χ2n) is 9.59. The van der Waals surface area contributed by atoms with E-state index >= 15 is 0 Å². The van der Waals surface area contributed by atoms with E-state index < -0.39 is 0 Å². The highest BCUT2D eigenvalue weighted by atomic mass is 14.9. The normalized spacial score (nSPS) is 12.5. The van der Waals surface area contributed by atoms with E-state index in [0.29, 0.717) is 0 Å². The summed E-state index contributed by atoms with van der Waals surface area (Å²) in [6.45, 7) is 8.18. The Balaban J connectivity index is 3.78. The van der Waals surface area contributed by atoms with Gasteiger partial charge in [0.05, 0.1) is 0 Å². The van der Waals surface area contributed by atoms with Gasteiger partial charge in [0.1, 0.15) is 0 Å². The third-order valence-electron chi connectivity index (χ3n) is 6.53. The minimum atomic E-state index is 0.793. The van der Waals surface area contributed by atoms with Gasteiger partial charge in [0.25, 0.3) is 0 Å². The second-order valence-corrected chi connectivity index (χ2v) is 9.59. The first-order valence-corrected chi connectivity index (χ1v) is 14.1. The van der Waals surface area contributed by atoms with Crippen LogP contribution in [0.4, 0.5) is 0 Å². The van der Waals surface area contributed by atoms with Crippen LogP contribution < -0.4 is 5.32 Å². The molecule has 0 aliphatic rings. The molecule has 1 N–H and O–H groups in total. The third kappa shape index (κ3) is 24.1. The Bertz CT molecular complexity index is 275. The first kappa shape index (κ1) is 29.0. The van der Waals surface area contributed by atoms with E-state index in [1.54, 1.807) is 0 Å². The van der Waals surface area contributed by atoms with E-state index in [2.05, 4.69) is 26.1 Å². The van der Waals surface area contributed by atoms with Gasteiger partial charge in [-0.1, -0.05) is 149 Å². The Morgan fingerprint density at radius 3 is 1.07 bits per heavy atom. The molecule has 0 aromatic heterocycles. The van der Waals surface area contributed by atoms with Crippen LogP contribution in [0, 0.1) is 0 Å². The van der Waals surface area contributed by atoms with Gasteiger partial charge < -0.3 is 5.32 Å². The summed E-state index contributed by atoms with van der Waals surface area (Å²) in [6, 6.07) is 0.793. The van der Waals surface area contributed by atoms with Gasteiger partial charge >= 0.3 is 0 Å². The molecule has 0 aromatic rings. The van der Waals surface area contributed by atoms with Crippen LogP contribution >= 0.6 is 0 Å². The number of nitrogens with one attached hydrogen (secondary N) is 1. The third-order valence-corrected chi connectivity index (χ3v) is 6.53. The molecule has 0 aromatic carbocycles. The summed E-state index contributed by atoms with van der Waals surface area (Å²) in [5.74, 6) is 0. The van der Waals surface area contributed by atoms with E-state index in [1.807, 2.05) is 0 Å². The number of hydrogen-bond donors (Lipinski definition) is 1. The van der Waals surface area contributed by atoms with Gasteiger partial charge in [0.2, 0.25) is 0 Å². The largest absolute Gasteiger partial charge is 0.314 e. The fourth-order valence-electron chi connectivity index (χ4n) is 4.43. The highest BCUT2D eigenvalue weighted by Gasteiger charge is 2.07. The zero-order chi connectivity index (χ0) is 21.3. The van der Waals surface area contributed by atoms with E-state index in [9.17, 15) is 0 Å². The molecule has 1 nitrogen and oxygen atoms in total. The molecule has 0 bridgehead atoms. The zero-order valence-electron chi connectivity index (χ0n) is 21.0. The van der Waals surface area contributed by atoms with Crippen LogP contribution in [0.15, 0.2) is 0 Å². The molecule has 29 heavy (non-hydrogen) atoms. The molecule has 1 heteroatoms. The molecular formula is C28H59N. The average Bonchev–Trinajstić information content (AvgIpc) is 2.73. The van der Waals surface area contributed by atoms with E-state index in [4.69, 9.17) is 0 Å². The molecule has 176 valence electrons. The molecule has 0 spiro atoms. The SMILES string of the molecule is CCCCCCCCCCNC(CCCCCCCC)CCCCCCCCC. The molecule has 0 rings (SSSR count). The Morgan fingerprint density at radius 1 is 0.379 bits per heavy atom. The van der Waals surface area contributed by atoms with Gasteiger partial charge in [-0.05, 0) is 25.8 Å². The van der Waals surface area contributed by atoms with Crippen LogP contribution in [-0.2, 0) is 0 Å². The van der Waals surface area contributed by atoms with Crippen molar-refractivity contribution in [2.75, 3.05) is 6.54 Å². The predicted octanol–water partition coefficient (Wildman–Crippen LogP) is 9.98. The van der Waals surface area contributed by atoms with Crippen molar-refractivity contribution in [1.29, 1.82) is 0 Å². The Kier molecular flexibility index (Phi) is 26.0. The molecule has 0 fully saturated rings. The van der Waals surface area contributed by atoms with Crippen molar-refractivity contribution < 1.29 is 0 Å². The van der Waals surface area contributed by atoms with Crippen molar-refractivity contribution in [3.8, 4) is 0 Å². The molecule has 0 aliphatic heterocycles. The topological polar surface area (TPSA) is 12.0 Å². The van der Waals surface area contributed by atoms with E-state index in [-0.39, 0.29) is 0 Å². The monoisotopic (exact) mass is 409 g/mol. The molecule has 0 radical (unpaired) electrons. The minimum absolute atomic E-state index is 0.793. The summed E-state index contributed by atoms with van der Waals surface area (Å²) in [5, 5.41) is 3.94. The van der Waals surface area contributed by atoms with Crippen LogP contribution in [0.25, 0.3) is 0 Å². The van der Waals surface area contributed by atoms with Crippen LogP contribution in [0.5, 0.6) is 0 Å². The van der Waals surface area contributed by atoms with Crippen molar-refractivity contribution in [2.45, 2.75) is 174 Å². The number of unbranched alkanes of at least 4 members (excludes halogenated alkanes) is 18. The summed E-state index contributed by atoms with van der Waals surface area (Å²) in [5.41, 5.74) is 0. The summed E-state index contributed by atoms with van der Waals surface area (Å²) < 4.78 is 0. The minimum Gasteiger partial charge on any atom is -0.314 e. The molecule has 0 amide bonds. The fourth-order valence-corrected chi connectivity index (χ4v) is 4.43. The highest BCUT2D eigenvalue weighted by Crippen LogP contribution is 2.15. The summed E-state index contributed by atoms with van der Waals surface area (Å²) in [6.07, 6.45) is 32.9. The first-order chi connectivity index (χ1) is 14.3. The molecule has 0 saturated heterocycles. The lowest BCUT2D eigenvalue weighted by atomic mass is 9.99. The number of hydrogen-bond acceptors (Lipinski definition) is 1. The standard InChI is InChI=1S/C28H59N/c1-4-7-10-13-16-18-21-24-27-29-28(25-22-19-15-12-9-6-3)26-23-20-17-14-11-8-5-2/h28-29H,4-27H2,1-3H3. The van der Waals surface area contributed by atoms with Crippen molar-refractivity contribution in [3.63, 3.8) is 0 Å². The maximum absolute atomic E-state index is 3.94. The zero-order valence-corrected chi connectivity index (χ0v) is 21.0. The van der Waals surface area contributed by atoms with E-state index in [0.717, 1.165) is 6.04 Å². The molecule has 0 heterocycles. The number of rotatable bonds is 25. The fraction of sp³-hybridized carbons (Fsp3) is 1.00. The highest BCUT2D eigenvalue weighted by molar-refractivity contribution is 4.68. The molecule has 1 atom stereocenters. The van der Waals surface area contributed by atoms with Crippen molar-refractivity contribution >= 4 is 0 Å². The van der Waals surface area contributed by atoms with Gasteiger partial charge in [0, 0.05) is 6.04 Å². The summed E-state index contributed by atoms with van der Waals surface area (Å²) in [7, 11) is 0. The Hall–Kier alpha value is -0.0400. The molecule has 0 aliphatic carbocycles. The first-order valence-electron chi connectivity index (χ1n) is 14.1. The lowest BCUT2D eigenvalue weighted by Crippen LogP contribution is -2.30. The second kappa shape index (κ2) is 26.0. The van der Waals surface area contributed by atoms with Crippen LogP contribution in [0.3, 0.4) is 0 Å². The van der Waals surface area contributed by atoms with Crippen molar-refractivity contribution in [3.05, 3.63) is 0 Å².